The van der Waals surface area contributed by atoms with Gasteiger partial charge in [0.25, 0.3) is 0 Å². The average molecular weight is 230 g/mol. The van der Waals surface area contributed by atoms with Gasteiger partial charge in [-0.2, -0.15) is 0 Å². The highest BCUT2D eigenvalue weighted by atomic mass is 16.4. The Morgan fingerprint density at radius 2 is 1.38 bits per heavy atom. The molecule has 0 aromatic heterocycles. The lowest BCUT2D eigenvalue weighted by molar-refractivity contribution is -0.341. The van der Waals surface area contributed by atoms with Crippen LogP contribution in [-0.4, -0.2) is 49.6 Å². The second-order valence-corrected chi connectivity index (χ2v) is 6.04. The van der Waals surface area contributed by atoms with Gasteiger partial charge in [-0.3, -0.25) is 4.79 Å². The number of hydrogen-bond donors (Lipinski definition) is 4. The predicted octanol–water partition coefficient (Wildman–Crippen LogP) is -1.18. The summed E-state index contributed by atoms with van der Waals surface area (Å²) in [5.74, 6) is -0.499. The summed E-state index contributed by atoms with van der Waals surface area (Å²) in [5.41, 5.74) is -6.16. The van der Waals surface area contributed by atoms with Crippen molar-refractivity contribution in [2.75, 3.05) is 0 Å². The van der Waals surface area contributed by atoms with E-state index in [0.29, 0.717) is 0 Å². The van der Waals surface area contributed by atoms with Crippen molar-refractivity contribution in [3.8, 4) is 0 Å². The van der Waals surface area contributed by atoms with Crippen LogP contribution in [0.5, 0.6) is 0 Å². The molecule has 92 valence electrons. The Bertz CT molecular complexity index is 375. The van der Waals surface area contributed by atoms with Crippen LogP contribution < -0.4 is 0 Å². The van der Waals surface area contributed by atoms with Crippen molar-refractivity contribution in [1.82, 2.24) is 0 Å². The molecule has 5 heteroatoms. The number of aliphatic hydroxyl groups is 4. The van der Waals surface area contributed by atoms with Gasteiger partial charge in [0.05, 0.1) is 11.5 Å². The minimum Gasteiger partial charge on any atom is -0.390 e. The maximum absolute atomic E-state index is 11.6. The third-order valence-electron chi connectivity index (χ3n) is 4.74. The molecule has 1 unspecified atom stereocenters. The van der Waals surface area contributed by atoms with Crippen LogP contribution in [0.4, 0.5) is 0 Å². The number of rotatable bonds is 1. The van der Waals surface area contributed by atoms with Crippen LogP contribution in [0.2, 0.25) is 0 Å². The highest BCUT2D eigenvalue weighted by Gasteiger charge is 2.89. The first kappa shape index (κ1) is 12.0. The van der Waals surface area contributed by atoms with Gasteiger partial charge in [-0.25, -0.2) is 0 Å². The Balaban J connectivity index is 2.47. The van der Waals surface area contributed by atoms with Gasteiger partial charge in [0.15, 0.2) is 11.4 Å². The first-order valence-corrected chi connectivity index (χ1v) is 5.33. The number of carbonyl (C=O) groups excluding carboxylic acids is 1. The number of carbonyl (C=O) groups is 1. The van der Waals surface area contributed by atoms with Gasteiger partial charge in [0, 0.05) is 5.41 Å². The summed E-state index contributed by atoms with van der Waals surface area (Å²) in [6, 6.07) is 0. The van der Waals surface area contributed by atoms with Gasteiger partial charge in [-0.05, 0) is 13.8 Å². The van der Waals surface area contributed by atoms with Crippen molar-refractivity contribution in [1.29, 1.82) is 0 Å². The van der Waals surface area contributed by atoms with Gasteiger partial charge in [0.2, 0.25) is 0 Å². The Morgan fingerprint density at radius 1 is 1.00 bits per heavy atom. The number of aliphatic hydroxyl groups excluding tert-OH is 2. The van der Waals surface area contributed by atoms with Gasteiger partial charge >= 0.3 is 0 Å². The summed E-state index contributed by atoms with van der Waals surface area (Å²) >= 11 is 0. The third-order valence-corrected chi connectivity index (χ3v) is 4.74. The molecule has 2 fully saturated rings. The molecule has 0 heterocycles. The van der Waals surface area contributed by atoms with Crippen LogP contribution in [0.3, 0.4) is 0 Å². The number of ketones is 1. The Labute approximate surface area is 93.7 Å². The molecule has 2 rings (SSSR count). The van der Waals surface area contributed by atoms with Gasteiger partial charge in [-0.1, -0.05) is 13.8 Å². The summed E-state index contributed by atoms with van der Waals surface area (Å²) in [6.07, 6.45) is -2.65. The molecule has 0 saturated heterocycles. The summed E-state index contributed by atoms with van der Waals surface area (Å²) in [4.78, 5) is 11.6. The van der Waals surface area contributed by atoms with Crippen LogP contribution in [0, 0.1) is 10.8 Å². The monoisotopic (exact) mass is 230 g/mol. The molecule has 0 aromatic rings. The molecule has 2 aliphatic rings. The van der Waals surface area contributed by atoms with Crippen molar-refractivity contribution in [2.45, 2.75) is 51.1 Å². The molecule has 0 spiro atoms. The SMILES string of the molecule is CC1(C)C(=O)[C@]1(O)[C@@]1(O)[C@H](O)C(O)C1(C)C. The first-order valence-electron chi connectivity index (χ1n) is 5.33. The van der Waals surface area contributed by atoms with E-state index in [9.17, 15) is 25.2 Å². The lowest BCUT2D eigenvalue weighted by Gasteiger charge is -2.61. The van der Waals surface area contributed by atoms with Crippen molar-refractivity contribution in [3.05, 3.63) is 0 Å². The average Bonchev–Trinajstić information content (AvgIpc) is 2.60. The topological polar surface area (TPSA) is 98.0 Å². The van der Waals surface area contributed by atoms with Crippen LogP contribution >= 0.6 is 0 Å². The van der Waals surface area contributed by atoms with Crippen LogP contribution in [-0.2, 0) is 4.79 Å². The fourth-order valence-electron chi connectivity index (χ4n) is 3.06. The fourth-order valence-corrected chi connectivity index (χ4v) is 3.06. The first-order chi connectivity index (χ1) is 6.97. The molecule has 0 amide bonds. The molecular formula is C11H18O5. The molecule has 0 aliphatic heterocycles. The lowest BCUT2D eigenvalue weighted by atomic mass is 9.50. The molecule has 0 radical (unpaired) electrons. The van der Waals surface area contributed by atoms with Crippen LogP contribution in [0.15, 0.2) is 0 Å². The molecule has 4 N–H and O–H groups in total. The Morgan fingerprint density at radius 3 is 1.62 bits per heavy atom. The molecule has 2 aliphatic carbocycles. The summed E-state index contributed by atoms with van der Waals surface area (Å²) in [6.45, 7) is 6.07. The zero-order valence-electron chi connectivity index (χ0n) is 9.85. The normalized spacial score (nSPS) is 53.4. The van der Waals surface area contributed by atoms with E-state index in [0.717, 1.165) is 0 Å². The zero-order valence-corrected chi connectivity index (χ0v) is 9.85. The van der Waals surface area contributed by atoms with Crippen molar-refractivity contribution >= 4 is 5.78 Å². The van der Waals surface area contributed by atoms with E-state index in [-0.39, 0.29) is 0 Å². The summed E-state index contributed by atoms with van der Waals surface area (Å²) in [5, 5.41) is 39.9. The standard InChI is InChI=1S/C11H18O5/c1-8(2)5(12)6(13)10(8,15)11(16)7(14)9(11,3)4/h5-6,12-13,15-16H,1-4H3/t5?,6-,10-,11-/m1/s1. The molecule has 5 nitrogen and oxygen atoms in total. The van der Waals surface area contributed by atoms with Gasteiger partial charge in [0.1, 0.15) is 11.7 Å². The van der Waals surface area contributed by atoms with Crippen LogP contribution in [0.25, 0.3) is 0 Å². The van der Waals surface area contributed by atoms with Crippen LogP contribution in [0.1, 0.15) is 27.7 Å². The van der Waals surface area contributed by atoms with E-state index >= 15 is 0 Å². The van der Waals surface area contributed by atoms with Gasteiger partial charge < -0.3 is 20.4 Å². The van der Waals surface area contributed by atoms with Crippen molar-refractivity contribution in [3.63, 3.8) is 0 Å². The Kier molecular flexibility index (Phi) is 1.88. The van der Waals surface area contributed by atoms with Crippen molar-refractivity contribution in [2.24, 2.45) is 10.8 Å². The third kappa shape index (κ3) is 0.767. The summed E-state index contributed by atoms with van der Waals surface area (Å²) in [7, 11) is 0. The van der Waals surface area contributed by atoms with E-state index in [2.05, 4.69) is 0 Å². The van der Waals surface area contributed by atoms with Gasteiger partial charge in [-0.15, -0.1) is 0 Å². The molecule has 4 atom stereocenters. The molecule has 2 saturated carbocycles. The van der Waals surface area contributed by atoms with E-state index in [1.165, 1.54) is 27.7 Å². The molecule has 0 bridgehead atoms. The predicted molar refractivity (Wildman–Crippen MR) is 54.5 cm³/mol. The highest BCUT2D eigenvalue weighted by Crippen LogP contribution is 2.67. The Hall–Kier alpha value is -0.490. The second kappa shape index (κ2) is 2.51. The fraction of sp³-hybridized carbons (Fsp3) is 0.909. The minimum atomic E-state index is -1.99. The van der Waals surface area contributed by atoms with E-state index < -0.39 is 40.0 Å². The maximum atomic E-state index is 11.6. The highest BCUT2D eigenvalue weighted by molar-refractivity contribution is 6.12. The second-order valence-electron chi connectivity index (χ2n) is 6.04. The van der Waals surface area contributed by atoms with E-state index in [4.69, 9.17) is 0 Å². The molecule has 0 aromatic carbocycles. The lowest BCUT2D eigenvalue weighted by Crippen LogP contribution is -2.81. The zero-order chi connectivity index (χ0) is 12.7. The quantitative estimate of drug-likeness (QED) is 0.454. The molecular weight excluding hydrogens is 212 g/mol. The number of Topliss-reactive ketones (excluding diaryl/α,β-unsaturated/α-hetero) is 1. The van der Waals surface area contributed by atoms with Crippen molar-refractivity contribution < 1.29 is 25.2 Å². The number of hydrogen-bond acceptors (Lipinski definition) is 5. The maximum Gasteiger partial charge on any atom is 0.177 e. The smallest absolute Gasteiger partial charge is 0.177 e. The van der Waals surface area contributed by atoms with E-state index in [1.807, 2.05) is 0 Å². The summed E-state index contributed by atoms with van der Waals surface area (Å²) < 4.78 is 0. The molecule has 16 heavy (non-hydrogen) atoms. The minimum absolute atomic E-state index is 0.499. The van der Waals surface area contributed by atoms with E-state index in [1.54, 1.807) is 0 Å². The largest absolute Gasteiger partial charge is 0.390 e.